The lowest BCUT2D eigenvalue weighted by atomic mass is 10.0. The minimum absolute atomic E-state index is 0.0367. The van der Waals surface area contributed by atoms with Gasteiger partial charge in [0.15, 0.2) is 12.3 Å². The number of rotatable bonds is 14. The first-order valence-electron chi connectivity index (χ1n) is 12.8. The first kappa shape index (κ1) is 32.8. The molecule has 1 saturated heterocycles. The topological polar surface area (TPSA) is 228 Å². The van der Waals surface area contributed by atoms with E-state index in [1.807, 2.05) is 18.8 Å². The van der Waals surface area contributed by atoms with Gasteiger partial charge in [0, 0.05) is 17.2 Å². The van der Waals surface area contributed by atoms with Crippen LogP contribution >= 0.6 is 8.18 Å². The number of benzene rings is 1. The third kappa shape index (κ3) is 7.57. The molecule has 0 aliphatic carbocycles. The standard InChI is InChI=1S/C24H33N6O11P/c1-5-38-22(34)17(12-14(2)3)30(41-16-8-6-15(37-4)7-9-16)42(36)39-13-24(27-28-25)20(33)19(32)21(40-24)29-11-10-18(31)26-23(29)35/h6-11,14,17,19-21,32-33,42H,5,12-13H2,1-4H3,(H,26,31,35)/t17?,19-,20+,21-,24-/m1/s1. The second-order valence-electron chi connectivity index (χ2n) is 9.54. The van der Waals surface area contributed by atoms with E-state index in [1.54, 1.807) is 19.1 Å². The Bertz CT molecular complexity index is 1410. The lowest BCUT2D eigenvalue weighted by Gasteiger charge is -2.31. The van der Waals surface area contributed by atoms with Crippen molar-refractivity contribution in [3.05, 3.63) is 67.8 Å². The number of hydroxylamine groups is 1. The maximum absolute atomic E-state index is 13.6. The number of ether oxygens (including phenoxy) is 3. The molecule has 1 fully saturated rings. The molecule has 1 aliphatic heterocycles. The maximum Gasteiger partial charge on any atom is 0.330 e. The Balaban J connectivity index is 1.93. The average Bonchev–Trinajstić information content (AvgIpc) is 3.19. The van der Waals surface area contributed by atoms with Crippen LogP contribution in [0, 0.1) is 5.92 Å². The second kappa shape index (κ2) is 14.5. The van der Waals surface area contributed by atoms with Gasteiger partial charge < -0.3 is 33.8 Å². The molecular weight excluding hydrogens is 579 g/mol. The molecule has 2 heterocycles. The summed E-state index contributed by atoms with van der Waals surface area (Å²) < 4.78 is 35.8. The van der Waals surface area contributed by atoms with Crippen molar-refractivity contribution in [1.29, 1.82) is 0 Å². The van der Waals surface area contributed by atoms with Gasteiger partial charge in [-0.1, -0.05) is 23.8 Å². The number of aromatic amines is 1. The van der Waals surface area contributed by atoms with Crippen molar-refractivity contribution in [3.8, 4) is 11.5 Å². The Labute approximate surface area is 240 Å². The van der Waals surface area contributed by atoms with E-state index in [-0.39, 0.29) is 24.7 Å². The van der Waals surface area contributed by atoms with Gasteiger partial charge in [-0.25, -0.2) is 4.79 Å². The van der Waals surface area contributed by atoms with Gasteiger partial charge in [-0.3, -0.25) is 23.7 Å². The number of aromatic nitrogens is 2. The van der Waals surface area contributed by atoms with E-state index in [4.69, 9.17) is 23.6 Å². The zero-order valence-corrected chi connectivity index (χ0v) is 24.3. The van der Waals surface area contributed by atoms with Crippen molar-refractivity contribution in [1.82, 2.24) is 14.4 Å². The van der Waals surface area contributed by atoms with Crippen molar-refractivity contribution < 1.29 is 43.1 Å². The van der Waals surface area contributed by atoms with Crippen LogP contribution in [0.25, 0.3) is 10.4 Å². The summed E-state index contributed by atoms with van der Waals surface area (Å²) in [5.74, 6) is -0.139. The molecule has 2 unspecified atom stereocenters. The predicted molar refractivity (Wildman–Crippen MR) is 146 cm³/mol. The molecule has 1 aromatic carbocycles. The summed E-state index contributed by atoms with van der Waals surface area (Å²) in [6.45, 7) is 4.40. The summed E-state index contributed by atoms with van der Waals surface area (Å²) in [7, 11) is -2.09. The summed E-state index contributed by atoms with van der Waals surface area (Å²) in [5.41, 5.74) is 5.14. The molecule has 6 atom stereocenters. The van der Waals surface area contributed by atoms with E-state index in [9.17, 15) is 34.7 Å². The third-order valence-electron chi connectivity index (χ3n) is 6.12. The third-order valence-corrected chi connectivity index (χ3v) is 7.28. The van der Waals surface area contributed by atoms with Crippen molar-refractivity contribution in [2.45, 2.75) is 57.4 Å². The van der Waals surface area contributed by atoms with Crippen LogP contribution in [0.2, 0.25) is 0 Å². The van der Waals surface area contributed by atoms with Gasteiger partial charge in [0.25, 0.3) is 13.7 Å². The fourth-order valence-corrected chi connectivity index (χ4v) is 5.21. The van der Waals surface area contributed by atoms with Gasteiger partial charge in [0.2, 0.25) is 5.72 Å². The number of H-pyrrole nitrogens is 1. The Morgan fingerprint density at radius 3 is 2.50 bits per heavy atom. The fraction of sp³-hybridized carbons (Fsp3) is 0.542. The number of carbonyl (C=O) groups is 1. The molecule has 0 amide bonds. The molecule has 0 radical (unpaired) electrons. The average molecular weight is 613 g/mol. The summed E-state index contributed by atoms with van der Waals surface area (Å²) in [4.78, 5) is 48.0. The first-order valence-corrected chi connectivity index (χ1v) is 14.1. The molecule has 17 nitrogen and oxygen atoms in total. The van der Waals surface area contributed by atoms with Crippen molar-refractivity contribution in [2.24, 2.45) is 11.0 Å². The zero-order chi connectivity index (χ0) is 31.0. The van der Waals surface area contributed by atoms with Gasteiger partial charge in [-0.2, -0.15) is 0 Å². The van der Waals surface area contributed by atoms with Gasteiger partial charge in [-0.05, 0) is 49.1 Å². The number of hydrogen-bond acceptors (Lipinski definition) is 12. The minimum Gasteiger partial charge on any atom is -0.497 e. The van der Waals surface area contributed by atoms with Crippen LogP contribution in [0.15, 0.2) is 51.2 Å². The summed E-state index contributed by atoms with van der Waals surface area (Å²) in [5, 5.41) is 24.9. The molecule has 18 heteroatoms. The number of esters is 1. The number of carbonyl (C=O) groups excluding carboxylic acids is 1. The van der Waals surface area contributed by atoms with Crippen molar-refractivity contribution in [2.75, 3.05) is 20.3 Å². The van der Waals surface area contributed by atoms with E-state index in [0.717, 1.165) is 21.7 Å². The lowest BCUT2D eigenvalue weighted by molar-refractivity contribution is -0.157. The van der Waals surface area contributed by atoms with Crippen molar-refractivity contribution in [3.63, 3.8) is 0 Å². The fourth-order valence-electron chi connectivity index (χ4n) is 4.11. The maximum atomic E-state index is 13.6. The predicted octanol–water partition coefficient (Wildman–Crippen LogP) is 1.48. The summed E-state index contributed by atoms with van der Waals surface area (Å²) in [6.07, 6.45) is -4.28. The Morgan fingerprint density at radius 1 is 1.26 bits per heavy atom. The molecule has 2 aromatic rings. The summed E-state index contributed by atoms with van der Waals surface area (Å²) in [6, 6.07) is 5.94. The SMILES string of the molecule is CCOC(=O)C(CC(C)C)N(Oc1ccc(OC)cc1)[PH](=O)OC[C@@]1(N=[N+]=[N-])O[C@@H](n2ccc(=O)[nH]c2=O)[C@H](O)[C@@H]1O. The van der Waals surface area contributed by atoms with E-state index < -0.39 is 62.2 Å². The van der Waals surface area contributed by atoms with Crippen LogP contribution in [0.4, 0.5) is 0 Å². The minimum atomic E-state index is -3.57. The van der Waals surface area contributed by atoms with Gasteiger partial charge in [-0.15, -0.1) is 0 Å². The number of hydrogen-bond donors (Lipinski definition) is 3. The van der Waals surface area contributed by atoms with Crippen LogP contribution < -0.4 is 20.8 Å². The zero-order valence-electron chi connectivity index (χ0n) is 23.3. The molecular formula is C24H33N6O11P. The highest BCUT2D eigenvalue weighted by atomic mass is 31.1. The number of aliphatic hydroxyl groups is 2. The van der Waals surface area contributed by atoms with Crippen LogP contribution in [0.3, 0.4) is 0 Å². The Morgan fingerprint density at radius 2 is 1.93 bits per heavy atom. The molecule has 0 saturated carbocycles. The van der Waals surface area contributed by atoms with E-state index in [2.05, 4.69) is 10.0 Å². The van der Waals surface area contributed by atoms with E-state index >= 15 is 0 Å². The second-order valence-corrected chi connectivity index (χ2v) is 10.8. The molecule has 0 bridgehead atoms. The highest BCUT2D eigenvalue weighted by Gasteiger charge is 2.56. The smallest absolute Gasteiger partial charge is 0.330 e. The Kier molecular flexibility index (Phi) is 11.3. The van der Waals surface area contributed by atoms with Crippen LogP contribution in [-0.2, 0) is 23.4 Å². The summed E-state index contributed by atoms with van der Waals surface area (Å²) >= 11 is 0. The number of aliphatic hydroxyl groups excluding tert-OH is 2. The van der Waals surface area contributed by atoms with Crippen LogP contribution in [0.1, 0.15) is 33.4 Å². The number of nitrogens with zero attached hydrogens (tertiary/aromatic N) is 5. The molecule has 230 valence electrons. The van der Waals surface area contributed by atoms with Gasteiger partial charge >= 0.3 is 11.7 Å². The molecule has 1 aromatic heterocycles. The van der Waals surface area contributed by atoms with E-state index in [0.29, 0.717) is 5.75 Å². The molecule has 3 rings (SSSR count). The Hall–Kier alpha value is -3.69. The van der Waals surface area contributed by atoms with Crippen LogP contribution in [0.5, 0.6) is 11.5 Å². The largest absolute Gasteiger partial charge is 0.497 e. The molecule has 0 spiro atoms. The van der Waals surface area contributed by atoms with Crippen LogP contribution in [-0.4, -0.2) is 74.9 Å². The monoisotopic (exact) mass is 612 g/mol. The lowest BCUT2D eigenvalue weighted by Crippen LogP contribution is -2.45. The molecule has 1 aliphatic rings. The highest BCUT2D eigenvalue weighted by molar-refractivity contribution is 7.36. The van der Waals surface area contributed by atoms with Gasteiger partial charge in [0.05, 0.1) is 20.3 Å². The van der Waals surface area contributed by atoms with E-state index in [1.165, 1.54) is 19.2 Å². The normalized spacial score (nSPS) is 23.3. The van der Waals surface area contributed by atoms with Crippen molar-refractivity contribution >= 4 is 14.1 Å². The highest BCUT2D eigenvalue weighted by Crippen LogP contribution is 2.42. The molecule has 42 heavy (non-hydrogen) atoms. The molecule has 3 N–H and O–H groups in total. The first-order chi connectivity index (χ1) is 20.0. The quantitative estimate of drug-likeness (QED) is 0.0688. The number of methoxy groups -OCH3 is 1. The number of nitrogens with one attached hydrogen (secondary N) is 1. The van der Waals surface area contributed by atoms with Gasteiger partial charge in [0.1, 0.15) is 23.7 Å². The number of azide groups is 1.